The fraction of sp³-hybridized carbons (Fsp3) is 0.533. The van der Waals surface area contributed by atoms with Gasteiger partial charge < -0.3 is 10.6 Å². The zero-order valence-electron chi connectivity index (χ0n) is 11.9. The van der Waals surface area contributed by atoms with Crippen molar-refractivity contribution in [3.05, 3.63) is 34.9 Å². The number of rotatable bonds is 6. The van der Waals surface area contributed by atoms with Crippen molar-refractivity contribution in [3.63, 3.8) is 0 Å². The fourth-order valence-corrected chi connectivity index (χ4v) is 2.53. The molecule has 0 aromatic heterocycles. The molecule has 0 aliphatic rings. The van der Waals surface area contributed by atoms with Gasteiger partial charge >= 0.3 is 0 Å². The van der Waals surface area contributed by atoms with E-state index in [2.05, 4.69) is 0 Å². The van der Waals surface area contributed by atoms with Crippen LogP contribution in [0.1, 0.15) is 32.3 Å². The van der Waals surface area contributed by atoms with Crippen LogP contribution in [0.15, 0.2) is 24.3 Å². The van der Waals surface area contributed by atoms with Crippen LogP contribution in [0.5, 0.6) is 0 Å². The van der Waals surface area contributed by atoms with E-state index in [0.717, 1.165) is 18.4 Å². The summed E-state index contributed by atoms with van der Waals surface area (Å²) < 4.78 is 0. The minimum Gasteiger partial charge on any atom is -0.341 e. The van der Waals surface area contributed by atoms with Crippen molar-refractivity contribution < 1.29 is 4.79 Å². The average Bonchev–Trinajstić information content (AvgIpc) is 2.41. The van der Waals surface area contributed by atoms with Gasteiger partial charge in [0.1, 0.15) is 0 Å². The maximum Gasteiger partial charge on any atom is 0.230 e. The molecule has 4 heteroatoms. The Hall–Kier alpha value is -1.06. The second kappa shape index (κ2) is 6.92. The molecule has 1 amide bonds. The lowest BCUT2D eigenvalue weighted by atomic mass is 9.81. The van der Waals surface area contributed by atoms with E-state index in [1.165, 1.54) is 0 Å². The number of carbonyl (C=O) groups excluding carboxylic acids is 1. The van der Waals surface area contributed by atoms with Crippen LogP contribution in [0.25, 0.3) is 0 Å². The molecule has 106 valence electrons. The first-order chi connectivity index (χ1) is 8.99. The molecular formula is C15H23ClN2O. The van der Waals surface area contributed by atoms with Crippen molar-refractivity contribution in [2.75, 3.05) is 13.6 Å². The first-order valence-electron chi connectivity index (χ1n) is 6.69. The Kier molecular flexibility index (Phi) is 5.83. The molecule has 0 saturated carbocycles. The van der Waals surface area contributed by atoms with Gasteiger partial charge in [0.15, 0.2) is 0 Å². The fourth-order valence-electron chi connectivity index (χ4n) is 2.31. The number of halogens is 1. The summed E-state index contributed by atoms with van der Waals surface area (Å²) in [5.74, 6) is 0.111. The van der Waals surface area contributed by atoms with Crippen LogP contribution in [0.3, 0.4) is 0 Å². The second-order valence-electron chi connectivity index (χ2n) is 4.98. The Balaban J connectivity index is 2.82. The molecule has 0 unspecified atom stereocenters. The van der Waals surface area contributed by atoms with Crippen molar-refractivity contribution in [2.24, 2.45) is 11.1 Å². The predicted octanol–water partition coefficient (Wildman–Crippen LogP) is 3.06. The Bertz CT molecular complexity index is 422. The molecule has 0 spiro atoms. The number of hydrogen-bond acceptors (Lipinski definition) is 2. The third-order valence-electron chi connectivity index (χ3n) is 3.85. The monoisotopic (exact) mass is 282 g/mol. The lowest BCUT2D eigenvalue weighted by molar-refractivity contribution is -0.141. The summed E-state index contributed by atoms with van der Waals surface area (Å²) >= 11 is 5.96. The summed E-state index contributed by atoms with van der Waals surface area (Å²) in [7, 11) is 1.82. The number of nitrogens with two attached hydrogens (primary N) is 1. The van der Waals surface area contributed by atoms with E-state index in [-0.39, 0.29) is 5.91 Å². The lowest BCUT2D eigenvalue weighted by Gasteiger charge is -2.33. The molecule has 0 aliphatic heterocycles. The summed E-state index contributed by atoms with van der Waals surface area (Å²) in [6.07, 6.45) is 1.53. The van der Waals surface area contributed by atoms with E-state index in [1.54, 1.807) is 4.90 Å². The quantitative estimate of drug-likeness (QED) is 0.872. The van der Waals surface area contributed by atoms with Crippen molar-refractivity contribution in [1.82, 2.24) is 4.90 Å². The van der Waals surface area contributed by atoms with Gasteiger partial charge in [-0.05, 0) is 30.5 Å². The normalized spacial score (nSPS) is 11.4. The van der Waals surface area contributed by atoms with Crippen molar-refractivity contribution >= 4 is 17.5 Å². The van der Waals surface area contributed by atoms with Gasteiger partial charge in [-0.25, -0.2) is 0 Å². The molecule has 0 atom stereocenters. The summed E-state index contributed by atoms with van der Waals surface area (Å²) in [5.41, 5.74) is 6.41. The summed E-state index contributed by atoms with van der Waals surface area (Å²) in [6.45, 7) is 4.98. The SMILES string of the molecule is CCC(CC)(CN)C(=O)N(C)Cc1cccc(Cl)c1. The van der Waals surface area contributed by atoms with E-state index in [4.69, 9.17) is 17.3 Å². The van der Waals surface area contributed by atoms with E-state index >= 15 is 0 Å². The zero-order valence-corrected chi connectivity index (χ0v) is 12.7. The molecule has 1 rings (SSSR count). The van der Waals surface area contributed by atoms with Gasteiger partial charge in [-0.1, -0.05) is 37.6 Å². The van der Waals surface area contributed by atoms with Crippen LogP contribution in [-0.2, 0) is 11.3 Å². The molecule has 1 aromatic rings. The highest BCUT2D eigenvalue weighted by Crippen LogP contribution is 2.28. The molecule has 0 heterocycles. The number of carbonyl (C=O) groups is 1. The Morgan fingerprint density at radius 3 is 2.47 bits per heavy atom. The molecule has 0 bridgehead atoms. The van der Waals surface area contributed by atoms with Crippen LogP contribution in [0, 0.1) is 5.41 Å². The molecule has 1 aromatic carbocycles. The van der Waals surface area contributed by atoms with E-state index in [9.17, 15) is 4.79 Å². The molecule has 3 nitrogen and oxygen atoms in total. The van der Waals surface area contributed by atoms with Gasteiger partial charge in [0.05, 0.1) is 5.41 Å². The van der Waals surface area contributed by atoms with Crippen LogP contribution >= 0.6 is 11.6 Å². The van der Waals surface area contributed by atoms with E-state index in [0.29, 0.717) is 18.1 Å². The third kappa shape index (κ3) is 3.71. The minimum atomic E-state index is -0.437. The van der Waals surface area contributed by atoms with Gasteiger partial charge in [0.25, 0.3) is 0 Å². The second-order valence-corrected chi connectivity index (χ2v) is 5.42. The lowest BCUT2D eigenvalue weighted by Crippen LogP contribution is -2.45. The van der Waals surface area contributed by atoms with E-state index < -0.39 is 5.41 Å². The molecule has 0 saturated heterocycles. The van der Waals surface area contributed by atoms with E-state index in [1.807, 2.05) is 45.2 Å². The third-order valence-corrected chi connectivity index (χ3v) is 4.09. The first kappa shape index (κ1) is 16.0. The maximum atomic E-state index is 12.6. The molecular weight excluding hydrogens is 260 g/mol. The standard InChI is InChI=1S/C15H23ClN2O/c1-4-15(5-2,11-17)14(19)18(3)10-12-7-6-8-13(16)9-12/h6-9H,4-5,10-11,17H2,1-3H3. The number of amides is 1. The molecule has 0 radical (unpaired) electrons. The zero-order chi connectivity index (χ0) is 14.5. The van der Waals surface area contributed by atoms with Gasteiger partial charge in [-0.15, -0.1) is 0 Å². The molecule has 0 fully saturated rings. The summed E-state index contributed by atoms with van der Waals surface area (Å²) in [5, 5.41) is 0.689. The van der Waals surface area contributed by atoms with Crippen LogP contribution in [-0.4, -0.2) is 24.4 Å². The average molecular weight is 283 g/mol. The highest BCUT2D eigenvalue weighted by molar-refractivity contribution is 6.30. The van der Waals surface area contributed by atoms with Crippen molar-refractivity contribution in [1.29, 1.82) is 0 Å². The molecule has 0 aliphatic carbocycles. The number of hydrogen-bond donors (Lipinski definition) is 1. The van der Waals surface area contributed by atoms with Crippen LogP contribution < -0.4 is 5.73 Å². The topological polar surface area (TPSA) is 46.3 Å². The van der Waals surface area contributed by atoms with Crippen LogP contribution in [0.2, 0.25) is 5.02 Å². The van der Waals surface area contributed by atoms with Gasteiger partial charge in [0.2, 0.25) is 5.91 Å². The number of nitrogens with zero attached hydrogens (tertiary/aromatic N) is 1. The van der Waals surface area contributed by atoms with Gasteiger partial charge in [-0.3, -0.25) is 4.79 Å². The highest BCUT2D eigenvalue weighted by Gasteiger charge is 2.35. The smallest absolute Gasteiger partial charge is 0.230 e. The number of benzene rings is 1. The van der Waals surface area contributed by atoms with Crippen molar-refractivity contribution in [2.45, 2.75) is 33.2 Å². The molecule has 19 heavy (non-hydrogen) atoms. The maximum absolute atomic E-state index is 12.6. The summed E-state index contributed by atoms with van der Waals surface area (Å²) in [6, 6.07) is 7.58. The van der Waals surface area contributed by atoms with Crippen LogP contribution in [0.4, 0.5) is 0 Å². The minimum absolute atomic E-state index is 0.111. The van der Waals surface area contributed by atoms with Crippen molar-refractivity contribution in [3.8, 4) is 0 Å². The van der Waals surface area contributed by atoms with Gasteiger partial charge in [-0.2, -0.15) is 0 Å². The Morgan fingerprint density at radius 1 is 1.37 bits per heavy atom. The summed E-state index contributed by atoms with van der Waals surface area (Å²) in [4.78, 5) is 14.3. The first-order valence-corrected chi connectivity index (χ1v) is 7.07. The Labute approximate surface area is 120 Å². The van der Waals surface area contributed by atoms with Gasteiger partial charge in [0, 0.05) is 25.2 Å². The largest absolute Gasteiger partial charge is 0.341 e. The highest BCUT2D eigenvalue weighted by atomic mass is 35.5. The Morgan fingerprint density at radius 2 is 2.00 bits per heavy atom. The predicted molar refractivity (Wildman–Crippen MR) is 80.0 cm³/mol. The molecule has 2 N–H and O–H groups in total.